The number of nitriles is 1. The van der Waals surface area contributed by atoms with E-state index in [1.54, 1.807) is 0 Å². The Hall–Kier alpha value is -4.02. The van der Waals surface area contributed by atoms with Crippen molar-refractivity contribution >= 4 is 22.2 Å². The monoisotopic (exact) mass is 438 g/mol. The van der Waals surface area contributed by atoms with Gasteiger partial charge in [0.05, 0.1) is 11.3 Å². The van der Waals surface area contributed by atoms with Crippen LogP contribution in [-0.2, 0) is 12.8 Å². The van der Waals surface area contributed by atoms with Crippen molar-refractivity contribution in [1.29, 1.82) is 5.26 Å². The number of benzene rings is 2. The Balaban J connectivity index is 1.67. The summed E-state index contributed by atoms with van der Waals surface area (Å²) < 4.78 is 0. The molecule has 5 rings (SSSR count). The zero-order valence-corrected chi connectivity index (χ0v) is 17.8. The largest absolute Gasteiger partial charge is 0.312 e. The van der Waals surface area contributed by atoms with Crippen LogP contribution in [0.1, 0.15) is 32.8 Å². The molecular weight excluding hydrogens is 420 g/mol. The molecular formula is C25H18N4O2S. The molecule has 156 valence electrons. The second-order valence-corrected chi connectivity index (χ2v) is 8.62. The number of hydrogen-bond donors (Lipinski definition) is 2. The van der Waals surface area contributed by atoms with Gasteiger partial charge >= 0.3 is 0 Å². The molecule has 1 aliphatic rings. The Labute approximate surface area is 188 Å². The van der Waals surface area contributed by atoms with E-state index in [4.69, 9.17) is 0 Å². The first kappa shape index (κ1) is 19.9. The van der Waals surface area contributed by atoms with Gasteiger partial charge in [-0.1, -0.05) is 60.7 Å². The number of aromatic nitrogens is 2. The lowest BCUT2D eigenvalue weighted by atomic mass is 9.95. The van der Waals surface area contributed by atoms with Gasteiger partial charge in [-0.3, -0.25) is 9.59 Å². The number of fused-ring (bicyclic) bond motifs is 1. The summed E-state index contributed by atoms with van der Waals surface area (Å²) in [6.45, 7) is 0. The molecule has 0 fully saturated rings. The Morgan fingerprint density at radius 3 is 2.41 bits per heavy atom. The topological polar surface area (TPSA) is 98.6 Å². The Kier molecular flexibility index (Phi) is 5.13. The number of carbonyl (C=O) groups excluding carboxylic acids is 1. The van der Waals surface area contributed by atoms with Crippen LogP contribution in [0.15, 0.2) is 65.5 Å². The molecule has 2 aromatic heterocycles. The molecule has 0 unspecified atom stereocenters. The SMILES string of the molecule is N#Cc1c(NC(=O)c2c(-c3ccccc3)c(-c3ccccc3)n[nH]c2=O)sc2c1CCC2. The summed E-state index contributed by atoms with van der Waals surface area (Å²) in [5, 5.41) is 19.8. The highest BCUT2D eigenvalue weighted by molar-refractivity contribution is 7.16. The maximum absolute atomic E-state index is 13.4. The Morgan fingerprint density at radius 1 is 1.03 bits per heavy atom. The minimum Gasteiger partial charge on any atom is -0.312 e. The Morgan fingerprint density at radius 2 is 1.72 bits per heavy atom. The van der Waals surface area contributed by atoms with E-state index in [0.29, 0.717) is 27.4 Å². The van der Waals surface area contributed by atoms with E-state index in [-0.39, 0.29) is 5.56 Å². The van der Waals surface area contributed by atoms with Gasteiger partial charge < -0.3 is 5.32 Å². The molecule has 4 aromatic rings. The van der Waals surface area contributed by atoms with Crippen LogP contribution in [0.2, 0.25) is 0 Å². The average Bonchev–Trinajstić information content (AvgIpc) is 3.40. The van der Waals surface area contributed by atoms with Crippen LogP contribution in [0.25, 0.3) is 22.4 Å². The first-order valence-electron chi connectivity index (χ1n) is 10.3. The van der Waals surface area contributed by atoms with Gasteiger partial charge in [0.2, 0.25) is 0 Å². The fourth-order valence-corrected chi connectivity index (χ4v) is 5.37. The molecule has 1 aliphatic carbocycles. The molecule has 7 heteroatoms. The standard InChI is InChI=1S/C25H18N4O2S/c26-14-18-17-12-7-13-19(17)32-25(18)27-23(30)21-20(15-8-3-1-4-9-15)22(28-29-24(21)31)16-10-5-2-6-11-16/h1-6,8-11H,7,12-13H2,(H,27,30)(H,29,31). The van der Waals surface area contributed by atoms with E-state index < -0.39 is 11.5 Å². The zero-order chi connectivity index (χ0) is 22.1. The van der Waals surface area contributed by atoms with Gasteiger partial charge in [-0.15, -0.1) is 11.3 Å². The number of anilines is 1. The summed E-state index contributed by atoms with van der Waals surface area (Å²) in [6.07, 6.45) is 2.77. The number of aryl methyl sites for hydroxylation is 1. The normalized spacial score (nSPS) is 12.2. The van der Waals surface area contributed by atoms with Gasteiger partial charge in [-0.05, 0) is 30.4 Å². The van der Waals surface area contributed by atoms with Crippen molar-refractivity contribution in [2.24, 2.45) is 0 Å². The molecule has 0 atom stereocenters. The quantitative estimate of drug-likeness (QED) is 0.479. The molecule has 0 saturated carbocycles. The van der Waals surface area contributed by atoms with E-state index in [1.807, 2.05) is 60.7 Å². The molecule has 32 heavy (non-hydrogen) atoms. The van der Waals surface area contributed by atoms with E-state index in [0.717, 1.165) is 35.3 Å². The van der Waals surface area contributed by atoms with E-state index in [1.165, 1.54) is 11.3 Å². The van der Waals surface area contributed by atoms with Crippen LogP contribution in [0.5, 0.6) is 0 Å². The lowest BCUT2D eigenvalue weighted by Gasteiger charge is -2.13. The summed E-state index contributed by atoms with van der Waals surface area (Å²) in [4.78, 5) is 27.5. The van der Waals surface area contributed by atoms with Gasteiger partial charge in [-0.2, -0.15) is 10.4 Å². The van der Waals surface area contributed by atoms with Gasteiger partial charge in [-0.25, -0.2) is 5.10 Å². The molecule has 0 radical (unpaired) electrons. The highest BCUT2D eigenvalue weighted by atomic mass is 32.1. The second-order valence-electron chi connectivity index (χ2n) is 7.51. The molecule has 1 amide bonds. The number of nitrogens with one attached hydrogen (secondary N) is 2. The van der Waals surface area contributed by atoms with Crippen molar-refractivity contribution in [1.82, 2.24) is 10.2 Å². The van der Waals surface area contributed by atoms with Gasteiger partial charge in [0.1, 0.15) is 16.6 Å². The van der Waals surface area contributed by atoms with Crippen LogP contribution in [0.3, 0.4) is 0 Å². The number of H-pyrrole nitrogens is 1. The summed E-state index contributed by atoms with van der Waals surface area (Å²) in [5.41, 5.74) is 3.38. The molecule has 0 spiro atoms. The average molecular weight is 439 g/mol. The fraction of sp³-hybridized carbons (Fsp3) is 0.120. The molecule has 0 bridgehead atoms. The van der Waals surface area contributed by atoms with Crippen molar-refractivity contribution < 1.29 is 4.79 Å². The van der Waals surface area contributed by atoms with Crippen LogP contribution in [-0.4, -0.2) is 16.1 Å². The van der Waals surface area contributed by atoms with Crippen molar-refractivity contribution in [3.05, 3.63) is 92.6 Å². The highest BCUT2D eigenvalue weighted by Gasteiger charge is 2.27. The zero-order valence-electron chi connectivity index (χ0n) is 17.0. The number of aromatic amines is 1. The highest BCUT2D eigenvalue weighted by Crippen LogP contribution is 2.39. The van der Waals surface area contributed by atoms with Crippen molar-refractivity contribution in [2.75, 3.05) is 5.32 Å². The van der Waals surface area contributed by atoms with Crippen molar-refractivity contribution in [3.63, 3.8) is 0 Å². The predicted octanol–water partition coefficient (Wildman–Crippen LogP) is 4.78. The summed E-state index contributed by atoms with van der Waals surface area (Å²) in [7, 11) is 0. The number of hydrogen-bond acceptors (Lipinski definition) is 5. The van der Waals surface area contributed by atoms with Crippen molar-refractivity contribution in [3.8, 4) is 28.5 Å². The molecule has 2 heterocycles. The lowest BCUT2D eigenvalue weighted by molar-refractivity contribution is 0.102. The smallest absolute Gasteiger partial charge is 0.277 e. The maximum Gasteiger partial charge on any atom is 0.277 e. The predicted molar refractivity (Wildman–Crippen MR) is 125 cm³/mol. The van der Waals surface area contributed by atoms with Gasteiger partial charge in [0.15, 0.2) is 0 Å². The molecule has 0 aliphatic heterocycles. The first-order chi connectivity index (χ1) is 15.7. The number of rotatable bonds is 4. The first-order valence-corrected chi connectivity index (χ1v) is 11.1. The third-order valence-corrected chi connectivity index (χ3v) is 6.79. The maximum atomic E-state index is 13.4. The van der Waals surface area contributed by atoms with Gasteiger partial charge in [0, 0.05) is 16.0 Å². The van der Waals surface area contributed by atoms with Crippen molar-refractivity contribution in [2.45, 2.75) is 19.3 Å². The second kappa shape index (κ2) is 8.25. The van der Waals surface area contributed by atoms with Crippen LogP contribution in [0, 0.1) is 11.3 Å². The Bertz CT molecular complexity index is 1420. The van der Waals surface area contributed by atoms with Crippen LogP contribution < -0.4 is 10.9 Å². The van der Waals surface area contributed by atoms with Crippen LogP contribution in [0.4, 0.5) is 5.00 Å². The molecule has 2 N–H and O–H groups in total. The van der Waals surface area contributed by atoms with Gasteiger partial charge in [0.25, 0.3) is 11.5 Å². The number of thiophene rings is 1. The van der Waals surface area contributed by atoms with Crippen LogP contribution >= 0.6 is 11.3 Å². The van der Waals surface area contributed by atoms with E-state index in [9.17, 15) is 14.9 Å². The fourth-order valence-electron chi connectivity index (χ4n) is 4.13. The third kappa shape index (κ3) is 3.41. The summed E-state index contributed by atoms with van der Waals surface area (Å²) >= 11 is 1.42. The number of carbonyl (C=O) groups is 1. The number of nitrogens with zero attached hydrogens (tertiary/aromatic N) is 2. The van der Waals surface area contributed by atoms with E-state index in [2.05, 4.69) is 21.6 Å². The summed E-state index contributed by atoms with van der Waals surface area (Å²) in [5.74, 6) is -0.555. The number of amides is 1. The molecule has 2 aromatic carbocycles. The molecule has 6 nitrogen and oxygen atoms in total. The lowest BCUT2D eigenvalue weighted by Crippen LogP contribution is -2.26. The molecule has 0 saturated heterocycles. The minimum absolute atomic E-state index is 0.0255. The minimum atomic E-state index is -0.580. The third-order valence-electron chi connectivity index (χ3n) is 5.58. The van der Waals surface area contributed by atoms with E-state index >= 15 is 0 Å². The summed E-state index contributed by atoms with van der Waals surface area (Å²) in [6, 6.07) is 20.9.